The van der Waals surface area contributed by atoms with E-state index in [0.717, 1.165) is 6.07 Å². The van der Waals surface area contributed by atoms with Gasteiger partial charge in [-0.2, -0.15) is 5.10 Å². The Bertz CT molecular complexity index is 1600. The third kappa shape index (κ3) is 4.17. The molecule has 13 nitrogen and oxygen atoms in total. The monoisotopic (exact) mass is 591 g/mol. The second-order valence-electron chi connectivity index (χ2n) is 10.4. The Morgan fingerprint density at radius 2 is 1.90 bits per heavy atom. The minimum absolute atomic E-state index is 0. The standard InChI is InChI=1S/C26H26FN5O8.ClH/c1-31(2)18-11-7-9-6-10-12(27)8-14(29-25(39)13-4-5-32(3)30-13)19(33)16(10)20(34)15(9)22(36)26(11,40)23(37)17(21(18)35)24(28)38;/h4-5,8-9,11,18,33-34,37,40H,6-7H2,1-3H3,(H2,28,38)(H,29,39);1H/t9-,11-,18-,26-;/m0./s1. The second-order valence-corrected chi connectivity index (χ2v) is 10.4. The van der Waals surface area contributed by atoms with Gasteiger partial charge in [-0.3, -0.25) is 28.8 Å². The van der Waals surface area contributed by atoms with E-state index in [1.807, 2.05) is 0 Å². The molecule has 0 spiro atoms. The Hall–Kier alpha value is -4.27. The Kier molecular flexibility index (Phi) is 7.23. The van der Waals surface area contributed by atoms with Gasteiger partial charge in [0.1, 0.15) is 22.9 Å². The van der Waals surface area contributed by atoms with Gasteiger partial charge in [-0.25, -0.2) is 4.39 Å². The molecule has 5 rings (SSSR count). The van der Waals surface area contributed by atoms with Crippen LogP contribution in [0.4, 0.5) is 10.1 Å². The predicted octanol–water partition coefficient (Wildman–Crippen LogP) is 0.511. The Morgan fingerprint density at radius 1 is 1.24 bits per heavy atom. The van der Waals surface area contributed by atoms with Crippen molar-refractivity contribution in [2.75, 3.05) is 19.4 Å². The normalized spacial score (nSPS) is 25.4. The number of amides is 2. The van der Waals surface area contributed by atoms with Crippen LogP contribution in [-0.2, 0) is 27.9 Å². The first-order valence-corrected chi connectivity index (χ1v) is 12.2. The van der Waals surface area contributed by atoms with Crippen LogP contribution in [0.15, 0.2) is 35.2 Å². The molecule has 218 valence electrons. The zero-order chi connectivity index (χ0) is 29.4. The van der Waals surface area contributed by atoms with Gasteiger partial charge in [0.15, 0.2) is 22.8 Å². The number of carbonyl (C=O) groups excluding carboxylic acids is 4. The first-order chi connectivity index (χ1) is 18.7. The van der Waals surface area contributed by atoms with Crippen molar-refractivity contribution in [3.8, 4) is 5.75 Å². The molecule has 2 amide bonds. The van der Waals surface area contributed by atoms with Gasteiger partial charge < -0.3 is 31.5 Å². The summed E-state index contributed by atoms with van der Waals surface area (Å²) in [5.74, 6) is -10.2. The van der Waals surface area contributed by atoms with Crippen molar-refractivity contribution in [1.82, 2.24) is 14.7 Å². The molecule has 3 aliphatic rings. The lowest BCUT2D eigenvalue weighted by molar-refractivity contribution is -0.153. The molecule has 0 unspecified atom stereocenters. The van der Waals surface area contributed by atoms with Crippen LogP contribution in [-0.4, -0.2) is 84.2 Å². The van der Waals surface area contributed by atoms with Gasteiger partial charge in [0.25, 0.3) is 11.8 Å². The number of aryl methyl sites for hydroxylation is 1. The maximum absolute atomic E-state index is 15.4. The van der Waals surface area contributed by atoms with Crippen LogP contribution in [0.1, 0.15) is 28.0 Å². The molecule has 1 aromatic carbocycles. The number of anilines is 1. The number of fused-ring (bicyclic) bond motifs is 3. The quantitative estimate of drug-likeness (QED) is 0.214. The number of nitrogens with zero attached hydrogens (tertiary/aromatic N) is 3. The van der Waals surface area contributed by atoms with Crippen LogP contribution in [0.25, 0.3) is 5.76 Å². The zero-order valence-electron chi connectivity index (χ0n) is 22.0. The molecule has 4 atom stereocenters. The Morgan fingerprint density at radius 3 is 2.46 bits per heavy atom. The van der Waals surface area contributed by atoms with Crippen molar-refractivity contribution in [2.24, 2.45) is 24.6 Å². The summed E-state index contributed by atoms with van der Waals surface area (Å²) in [6.07, 6.45) is 1.10. The summed E-state index contributed by atoms with van der Waals surface area (Å²) >= 11 is 0. The number of Topliss-reactive ketones (excluding diaryl/α,β-unsaturated/α-hetero) is 2. The van der Waals surface area contributed by atoms with Crippen LogP contribution in [0.3, 0.4) is 0 Å². The van der Waals surface area contributed by atoms with Crippen molar-refractivity contribution >= 4 is 47.2 Å². The number of hydrogen-bond donors (Lipinski definition) is 6. The molecule has 0 bridgehead atoms. The lowest BCUT2D eigenvalue weighted by atomic mass is 9.57. The van der Waals surface area contributed by atoms with Gasteiger partial charge in [-0.15, -0.1) is 12.4 Å². The van der Waals surface area contributed by atoms with E-state index in [4.69, 9.17) is 5.73 Å². The molecule has 15 heteroatoms. The first-order valence-electron chi connectivity index (χ1n) is 12.2. The SMILES string of the molecule is CN(C)[C@@H]1C(=O)C(C(N)=O)=C(O)[C@@]2(O)C(=O)C3=C(O)c4c(O)c(NC(=O)c5ccn(C)n5)cc(F)c4C[C@H]3C[C@@H]12.Cl. The number of aliphatic hydroxyl groups excluding tert-OH is 2. The number of halogens is 2. The topological polar surface area (TPSA) is 208 Å². The van der Waals surface area contributed by atoms with Crippen molar-refractivity contribution < 1.29 is 44.0 Å². The van der Waals surface area contributed by atoms with Crippen molar-refractivity contribution in [1.29, 1.82) is 0 Å². The number of ketones is 2. The molecule has 2 aromatic rings. The number of carbonyl (C=O) groups is 4. The molecule has 0 saturated heterocycles. The summed E-state index contributed by atoms with van der Waals surface area (Å²) in [6, 6.07) is 1.01. The highest BCUT2D eigenvalue weighted by Gasteiger charge is 2.64. The maximum atomic E-state index is 15.4. The molecule has 1 fully saturated rings. The number of benzene rings is 1. The number of aromatic nitrogens is 2. The molecule has 1 aromatic heterocycles. The van der Waals surface area contributed by atoms with Crippen LogP contribution in [0.5, 0.6) is 5.75 Å². The summed E-state index contributed by atoms with van der Waals surface area (Å²) in [4.78, 5) is 52.9. The molecule has 3 aliphatic carbocycles. The third-order valence-corrected chi connectivity index (χ3v) is 7.86. The minimum atomic E-state index is -2.82. The highest BCUT2D eigenvalue weighted by molar-refractivity contribution is 6.24. The van der Waals surface area contributed by atoms with E-state index in [1.54, 1.807) is 7.05 Å². The zero-order valence-corrected chi connectivity index (χ0v) is 22.8. The lowest BCUT2D eigenvalue weighted by Crippen LogP contribution is -2.65. The maximum Gasteiger partial charge on any atom is 0.276 e. The van der Waals surface area contributed by atoms with E-state index in [9.17, 15) is 39.6 Å². The first kappa shape index (κ1) is 29.7. The van der Waals surface area contributed by atoms with E-state index < -0.39 is 92.3 Å². The predicted molar refractivity (Wildman–Crippen MR) is 143 cm³/mol. The summed E-state index contributed by atoms with van der Waals surface area (Å²) in [6.45, 7) is 0. The number of nitrogens with one attached hydrogen (secondary N) is 1. The summed E-state index contributed by atoms with van der Waals surface area (Å²) < 4.78 is 16.7. The van der Waals surface area contributed by atoms with Crippen molar-refractivity contribution in [2.45, 2.75) is 24.5 Å². The van der Waals surface area contributed by atoms with Crippen LogP contribution in [0.2, 0.25) is 0 Å². The number of aromatic hydroxyl groups is 1. The second kappa shape index (κ2) is 9.98. The van der Waals surface area contributed by atoms with Crippen LogP contribution in [0, 0.1) is 17.7 Å². The van der Waals surface area contributed by atoms with Crippen LogP contribution >= 0.6 is 12.4 Å². The minimum Gasteiger partial charge on any atom is -0.508 e. The van der Waals surface area contributed by atoms with Gasteiger partial charge in [0, 0.05) is 36.4 Å². The van der Waals surface area contributed by atoms with Crippen molar-refractivity contribution in [3.05, 3.63) is 57.9 Å². The molecular formula is C26H27ClFN5O8. The lowest BCUT2D eigenvalue weighted by Gasteiger charge is -2.50. The van der Waals surface area contributed by atoms with Gasteiger partial charge in [0.05, 0.1) is 17.3 Å². The largest absolute Gasteiger partial charge is 0.508 e. The number of phenols is 1. The number of likely N-dealkylation sites (N-methyl/N-ethyl adjacent to an activating group) is 1. The summed E-state index contributed by atoms with van der Waals surface area (Å²) in [5, 5.41) is 50.9. The van der Waals surface area contributed by atoms with E-state index in [-0.39, 0.29) is 36.5 Å². The van der Waals surface area contributed by atoms with Crippen LogP contribution < -0.4 is 11.1 Å². The number of phenolic OH excluding ortho intramolecular Hbond substituents is 1. The smallest absolute Gasteiger partial charge is 0.276 e. The molecular weight excluding hydrogens is 565 g/mol. The summed E-state index contributed by atoms with van der Waals surface area (Å²) in [7, 11) is 4.54. The third-order valence-electron chi connectivity index (χ3n) is 7.86. The van der Waals surface area contributed by atoms with E-state index in [0.29, 0.717) is 0 Å². The fourth-order valence-electron chi connectivity index (χ4n) is 6.08. The average molecular weight is 592 g/mol. The summed E-state index contributed by atoms with van der Waals surface area (Å²) in [5.41, 5.74) is 0.0371. The molecule has 0 radical (unpaired) electrons. The molecule has 1 saturated carbocycles. The number of hydrogen-bond acceptors (Lipinski definition) is 10. The van der Waals surface area contributed by atoms with E-state index in [1.165, 1.54) is 35.9 Å². The Balaban J connectivity index is 0.00000387. The number of rotatable bonds is 4. The van der Waals surface area contributed by atoms with Gasteiger partial charge in [0.2, 0.25) is 5.78 Å². The van der Waals surface area contributed by atoms with Gasteiger partial charge in [-0.05, 0) is 38.9 Å². The molecule has 41 heavy (non-hydrogen) atoms. The molecule has 0 aliphatic heterocycles. The Labute approximate surface area is 238 Å². The van der Waals surface area contributed by atoms with E-state index >= 15 is 4.39 Å². The fraction of sp³-hybridized carbons (Fsp3) is 0.346. The number of primary amides is 1. The highest BCUT2D eigenvalue weighted by Crippen LogP contribution is 2.53. The number of aliphatic hydroxyl groups is 3. The van der Waals surface area contributed by atoms with Gasteiger partial charge >= 0.3 is 0 Å². The highest BCUT2D eigenvalue weighted by atomic mass is 35.5. The van der Waals surface area contributed by atoms with E-state index in [2.05, 4.69) is 10.4 Å². The fourth-order valence-corrected chi connectivity index (χ4v) is 6.08. The molecule has 7 N–H and O–H groups in total. The number of nitrogens with two attached hydrogens (primary N) is 1. The van der Waals surface area contributed by atoms with Gasteiger partial charge in [-0.1, -0.05) is 0 Å². The van der Waals surface area contributed by atoms with Crippen molar-refractivity contribution in [3.63, 3.8) is 0 Å². The average Bonchev–Trinajstić information content (AvgIpc) is 3.30. The molecule has 1 heterocycles.